The fourth-order valence-electron chi connectivity index (χ4n) is 2.62. The number of aromatic hydroxyl groups is 1. The number of phenolic OH excluding ortho intramolecular Hbond substituents is 1. The number of hydrogen-bond donors (Lipinski definition) is 2. The average molecular weight is 263 g/mol. The molecule has 0 aromatic heterocycles. The molecule has 2 atom stereocenters. The van der Waals surface area contributed by atoms with Crippen LogP contribution in [0, 0.1) is 12.8 Å². The van der Waals surface area contributed by atoms with E-state index in [1.54, 1.807) is 25.1 Å². The van der Waals surface area contributed by atoms with Crippen molar-refractivity contribution in [3.8, 4) is 5.75 Å². The molecule has 1 amide bonds. The van der Waals surface area contributed by atoms with Crippen molar-refractivity contribution in [2.75, 3.05) is 13.2 Å². The highest BCUT2D eigenvalue weighted by atomic mass is 16.3. The minimum Gasteiger partial charge on any atom is -0.508 e. The van der Waals surface area contributed by atoms with E-state index in [1.165, 1.54) is 0 Å². The molecule has 1 aliphatic rings. The van der Waals surface area contributed by atoms with Gasteiger partial charge in [-0.2, -0.15) is 0 Å². The number of amides is 1. The van der Waals surface area contributed by atoms with Crippen LogP contribution in [-0.4, -0.2) is 40.2 Å². The van der Waals surface area contributed by atoms with Crippen LogP contribution in [-0.2, 0) is 0 Å². The number of aliphatic hydroxyl groups excluding tert-OH is 1. The van der Waals surface area contributed by atoms with Crippen molar-refractivity contribution in [2.24, 2.45) is 5.92 Å². The second kappa shape index (κ2) is 5.61. The third-order valence-electron chi connectivity index (χ3n) is 4.03. The number of hydrogen-bond acceptors (Lipinski definition) is 3. The highest BCUT2D eigenvalue weighted by Crippen LogP contribution is 2.26. The molecule has 1 fully saturated rings. The molecule has 1 saturated heterocycles. The monoisotopic (exact) mass is 263 g/mol. The molecule has 0 bridgehead atoms. The van der Waals surface area contributed by atoms with Gasteiger partial charge in [-0.1, -0.05) is 6.07 Å². The first-order chi connectivity index (χ1) is 9.04. The van der Waals surface area contributed by atoms with Crippen LogP contribution in [0.25, 0.3) is 0 Å². The van der Waals surface area contributed by atoms with E-state index < -0.39 is 0 Å². The van der Waals surface area contributed by atoms with Gasteiger partial charge in [0, 0.05) is 30.3 Å². The standard InChI is InChI=1S/C15H21NO3/c1-10-6-7-12(9-17)8-16(10)15(19)13-4-3-5-14(18)11(13)2/h3-5,10,12,17-18H,6-9H2,1-2H3. The number of carbonyl (C=O) groups excluding carboxylic acids is 1. The summed E-state index contributed by atoms with van der Waals surface area (Å²) in [6.45, 7) is 4.49. The second-order valence-electron chi connectivity index (χ2n) is 5.38. The Morgan fingerprint density at radius 3 is 2.84 bits per heavy atom. The molecule has 104 valence electrons. The Bertz CT molecular complexity index is 472. The molecule has 2 rings (SSSR count). The summed E-state index contributed by atoms with van der Waals surface area (Å²) in [6, 6.07) is 5.19. The van der Waals surface area contributed by atoms with E-state index in [0.717, 1.165) is 12.8 Å². The fourth-order valence-corrected chi connectivity index (χ4v) is 2.62. The predicted molar refractivity (Wildman–Crippen MR) is 73.2 cm³/mol. The molecular formula is C15H21NO3. The van der Waals surface area contributed by atoms with Gasteiger partial charge in [-0.25, -0.2) is 0 Å². The molecule has 1 aromatic rings. The van der Waals surface area contributed by atoms with Crippen molar-refractivity contribution in [2.45, 2.75) is 32.7 Å². The zero-order valence-electron chi connectivity index (χ0n) is 11.5. The molecular weight excluding hydrogens is 242 g/mol. The molecule has 4 heteroatoms. The van der Waals surface area contributed by atoms with Crippen molar-refractivity contribution in [1.29, 1.82) is 0 Å². The molecule has 0 aliphatic carbocycles. The normalized spacial score (nSPS) is 23.4. The van der Waals surface area contributed by atoms with Crippen molar-refractivity contribution < 1.29 is 15.0 Å². The molecule has 2 N–H and O–H groups in total. The zero-order chi connectivity index (χ0) is 14.0. The number of carbonyl (C=O) groups is 1. The third-order valence-corrected chi connectivity index (χ3v) is 4.03. The summed E-state index contributed by atoms with van der Waals surface area (Å²) in [5.74, 6) is 0.256. The first-order valence-electron chi connectivity index (χ1n) is 6.75. The van der Waals surface area contributed by atoms with Gasteiger partial charge in [0.15, 0.2) is 0 Å². The average Bonchev–Trinajstić information content (AvgIpc) is 2.42. The van der Waals surface area contributed by atoms with E-state index in [9.17, 15) is 15.0 Å². The van der Waals surface area contributed by atoms with Crippen LogP contribution in [0.5, 0.6) is 5.75 Å². The summed E-state index contributed by atoms with van der Waals surface area (Å²) in [7, 11) is 0. The van der Waals surface area contributed by atoms with Crippen LogP contribution in [0.4, 0.5) is 0 Å². The molecule has 0 spiro atoms. The molecule has 1 heterocycles. The summed E-state index contributed by atoms with van der Waals surface area (Å²) >= 11 is 0. The SMILES string of the molecule is Cc1c(O)cccc1C(=O)N1CC(CO)CCC1C. The molecule has 1 aromatic carbocycles. The largest absolute Gasteiger partial charge is 0.508 e. The third kappa shape index (κ3) is 2.73. The lowest BCUT2D eigenvalue weighted by Crippen LogP contribution is -2.46. The van der Waals surface area contributed by atoms with Gasteiger partial charge in [0.25, 0.3) is 5.91 Å². The van der Waals surface area contributed by atoms with Gasteiger partial charge in [-0.3, -0.25) is 4.79 Å². The highest BCUT2D eigenvalue weighted by Gasteiger charge is 2.30. The van der Waals surface area contributed by atoms with Crippen molar-refractivity contribution >= 4 is 5.91 Å². The van der Waals surface area contributed by atoms with Gasteiger partial charge in [-0.05, 0) is 44.7 Å². The van der Waals surface area contributed by atoms with Crippen molar-refractivity contribution in [3.63, 3.8) is 0 Å². The molecule has 0 radical (unpaired) electrons. The van der Waals surface area contributed by atoms with E-state index in [0.29, 0.717) is 17.7 Å². The van der Waals surface area contributed by atoms with Gasteiger partial charge in [0.1, 0.15) is 5.75 Å². The topological polar surface area (TPSA) is 60.8 Å². The van der Waals surface area contributed by atoms with Crippen molar-refractivity contribution in [1.82, 2.24) is 4.90 Å². The summed E-state index contributed by atoms with van der Waals surface area (Å²) in [4.78, 5) is 14.4. The minimum absolute atomic E-state index is 0.0564. The van der Waals surface area contributed by atoms with Crippen LogP contribution in [0.2, 0.25) is 0 Å². The Labute approximate surface area is 113 Å². The van der Waals surface area contributed by atoms with Gasteiger partial charge in [0.2, 0.25) is 0 Å². The molecule has 2 unspecified atom stereocenters. The number of aliphatic hydroxyl groups is 1. The van der Waals surface area contributed by atoms with Crippen LogP contribution in [0.1, 0.15) is 35.7 Å². The van der Waals surface area contributed by atoms with Crippen LogP contribution in [0.3, 0.4) is 0 Å². The first-order valence-corrected chi connectivity index (χ1v) is 6.75. The summed E-state index contributed by atoms with van der Waals surface area (Å²) in [6.07, 6.45) is 1.87. The van der Waals surface area contributed by atoms with Gasteiger partial charge in [-0.15, -0.1) is 0 Å². The Balaban J connectivity index is 2.24. The quantitative estimate of drug-likeness (QED) is 0.857. The molecule has 0 saturated carbocycles. The predicted octanol–water partition coefficient (Wildman–Crippen LogP) is 1.93. The van der Waals surface area contributed by atoms with Gasteiger partial charge in [0.05, 0.1) is 0 Å². The van der Waals surface area contributed by atoms with E-state index in [4.69, 9.17) is 0 Å². The van der Waals surface area contributed by atoms with E-state index in [1.807, 2.05) is 11.8 Å². The van der Waals surface area contributed by atoms with E-state index in [-0.39, 0.29) is 30.2 Å². The lowest BCUT2D eigenvalue weighted by Gasteiger charge is -2.37. The lowest BCUT2D eigenvalue weighted by atomic mass is 9.93. The van der Waals surface area contributed by atoms with Crippen LogP contribution >= 0.6 is 0 Å². The first kappa shape index (κ1) is 13.9. The summed E-state index contributed by atoms with van der Waals surface area (Å²) in [5, 5.41) is 19.0. The molecule has 4 nitrogen and oxygen atoms in total. The van der Waals surface area contributed by atoms with Gasteiger partial charge < -0.3 is 15.1 Å². The van der Waals surface area contributed by atoms with E-state index in [2.05, 4.69) is 0 Å². The minimum atomic E-state index is -0.0564. The number of likely N-dealkylation sites (tertiary alicyclic amines) is 1. The lowest BCUT2D eigenvalue weighted by molar-refractivity contribution is 0.0488. The maximum atomic E-state index is 12.6. The van der Waals surface area contributed by atoms with Crippen LogP contribution < -0.4 is 0 Å². The Morgan fingerprint density at radius 2 is 2.16 bits per heavy atom. The zero-order valence-corrected chi connectivity index (χ0v) is 11.5. The number of rotatable bonds is 2. The summed E-state index contributed by atoms with van der Waals surface area (Å²) in [5.41, 5.74) is 1.16. The number of benzene rings is 1. The number of phenols is 1. The number of nitrogens with zero attached hydrogens (tertiary/aromatic N) is 1. The Morgan fingerprint density at radius 1 is 1.42 bits per heavy atom. The molecule has 19 heavy (non-hydrogen) atoms. The van der Waals surface area contributed by atoms with Crippen LogP contribution in [0.15, 0.2) is 18.2 Å². The van der Waals surface area contributed by atoms with E-state index >= 15 is 0 Å². The molecule has 1 aliphatic heterocycles. The highest BCUT2D eigenvalue weighted by molar-refractivity contribution is 5.96. The fraction of sp³-hybridized carbons (Fsp3) is 0.533. The maximum absolute atomic E-state index is 12.6. The smallest absolute Gasteiger partial charge is 0.254 e. The summed E-state index contributed by atoms with van der Waals surface area (Å²) < 4.78 is 0. The Kier molecular flexibility index (Phi) is 4.10. The van der Waals surface area contributed by atoms with Crippen molar-refractivity contribution in [3.05, 3.63) is 29.3 Å². The van der Waals surface area contributed by atoms with Gasteiger partial charge >= 0.3 is 0 Å². The Hall–Kier alpha value is -1.55. The maximum Gasteiger partial charge on any atom is 0.254 e. The second-order valence-corrected chi connectivity index (χ2v) is 5.38. The number of piperidine rings is 1.